The molecule has 0 amide bonds. The van der Waals surface area contributed by atoms with E-state index in [2.05, 4.69) is 195 Å². The third-order valence-corrected chi connectivity index (χ3v) is 13.7. The SMILES string of the molecule is CC1(C)c2ccccc2C2(c3ccccc3-c3ccc(N(c4ccc5sc6ccccc6c5c4)c4cccc5c4oc4ccccc45)cc32)c2ccccc21. The first kappa shape index (κ1) is 31.0. The molecule has 0 fully saturated rings. The topological polar surface area (TPSA) is 16.4 Å². The van der Waals surface area contributed by atoms with Gasteiger partial charge in [0.25, 0.3) is 0 Å². The van der Waals surface area contributed by atoms with Crippen LogP contribution in [0.15, 0.2) is 180 Å². The third-order valence-electron chi connectivity index (χ3n) is 12.5. The predicted molar refractivity (Wildman–Crippen MR) is 231 cm³/mol. The molecule has 0 atom stereocenters. The quantitative estimate of drug-likeness (QED) is 0.181. The van der Waals surface area contributed by atoms with Gasteiger partial charge in [0.05, 0.1) is 11.1 Å². The average molecular weight is 722 g/mol. The summed E-state index contributed by atoms with van der Waals surface area (Å²) < 4.78 is 9.37. The van der Waals surface area contributed by atoms with Crippen LogP contribution in [0.5, 0.6) is 0 Å². The number of rotatable bonds is 3. The van der Waals surface area contributed by atoms with E-state index >= 15 is 0 Å². The molecule has 0 N–H and O–H groups in total. The maximum Gasteiger partial charge on any atom is 0.159 e. The molecule has 2 heterocycles. The second kappa shape index (κ2) is 11.1. The first-order chi connectivity index (χ1) is 27.0. The molecule has 55 heavy (non-hydrogen) atoms. The highest BCUT2D eigenvalue weighted by Crippen LogP contribution is 2.62. The van der Waals surface area contributed by atoms with Gasteiger partial charge in [-0.2, -0.15) is 0 Å². The van der Waals surface area contributed by atoms with Crippen LogP contribution in [0.25, 0.3) is 53.2 Å². The highest BCUT2D eigenvalue weighted by Gasteiger charge is 2.53. The van der Waals surface area contributed by atoms with Crippen LogP contribution in [0.2, 0.25) is 0 Å². The Morgan fingerprint density at radius 1 is 0.436 bits per heavy atom. The molecule has 0 aliphatic heterocycles. The van der Waals surface area contributed by atoms with Crippen molar-refractivity contribution in [1.82, 2.24) is 0 Å². The Hall–Kier alpha value is -6.42. The molecular formula is C52H35NOS. The van der Waals surface area contributed by atoms with E-state index in [1.165, 1.54) is 64.7 Å². The van der Waals surface area contributed by atoms with Crippen molar-refractivity contribution in [3.63, 3.8) is 0 Å². The Kier molecular flexibility index (Phi) is 6.23. The second-order valence-corrected chi connectivity index (χ2v) is 16.7. The minimum absolute atomic E-state index is 0.157. The van der Waals surface area contributed by atoms with Crippen molar-refractivity contribution in [2.24, 2.45) is 0 Å². The normalized spacial score (nSPS) is 14.7. The number of furan rings is 1. The van der Waals surface area contributed by atoms with Crippen molar-refractivity contribution in [3.05, 3.63) is 209 Å². The van der Waals surface area contributed by atoms with Crippen molar-refractivity contribution in [3.8, 4) is 11.1 Å². The number of anilines is 3. The molecule has 0 bridgehead atoms. The van der Waals surface area contributed by atoms with Crippen LogP contribution in [0.3, 0.4) is 0 Å². The van der Waals surface area contributed by atoms with Gasteiger partial charge >= 0.3 is 0 Å². The van der Waals surface area contributed by atoms with E-state index in [1.807, 2.05) is 11.3 Å². The van der Waals surface area contributed by atoms with E-state index in [0.29, 0.717) is 0 Å². The van der Waals surface area contributed by atoms with Crippen molar-refractivity contribution < 1.29 is 4.42 Å². The van der Waals surface area contributed by atoms with Gasteiger partial charge in [-0.25, -0.2) is 0 Å². The van der Waals surface area contributed by atoms with Gasteiger partial charge in [-0.05, 0) is 93.0 Å². The number of hydrogen-bond donors (Lipinski definition) is 0. The van der Waals surface area contributed by atoms with Gasteiger partial charge in [0.1, 0.15) is 5.58 Å². The maximum atomic E-state index is 6.78. The smallest absolute Gasteiger partial charge is 0.159 e. The Morgan fingerprint density at radius 3 is 1.82 bits per heavy atom. The number of fused-ring (bicyclic) bond motifs is 15. The molecule has 2 aromatic heterocycles. The maximum absolute atomic E-state index is 6.78. The van der Waals surface area contributed by atoms with Gasteiger partial charge < -0.3 is 9.32 Å². The molecule has 0 unspecified atom stereocenters. The largest absolute Gasteiger partial charge is 0.454 e. The van der Waals surface area contributed by atoms with E-state index < -0.39 is 5.41 Å². The highest BCUT2D eigenvalue weighted by molar-refractivity contribution is 7.25. The van der Waals surface area contributed by atoms with Crippen LogP contribution in [0.4, 0.5) is 17.1 Å². The molecule has 0 saturated carbocycles. The Morgan fingerprint density at radius 2 is 1.02 bits per heavy atom. The van der Waals surface area contributed by atoms with E-state index in [4.69, 9.17) is 4.42 Å². The van der Waals surface area contributed by atoms with Crippen LogP contribution in [-0.4, -0.2) is 0 Å². The standard InChI is InChI=1S/C52H35NOS/c1-51(2)41-19-7-9-21-43(41)52(44-22-10-8-20-42(44)51)40-18-6-3-14-34(40)35-28-26-33(31-45(35)52)53(32-27-29-49-39(30-32)37-16-5-12-25-48(37)55-49)46-23-13-17-38-36-15-4-11-24-47(36)54-50(38)46/h3-31H,1-2H3. The summed E-state index contributed by atoms with van der Waals surface area (Å²) in [6.45, 7) is 4.77. The fourth-order valence-electron chi connectivity index (χ4n) is 10.2. The van der Waals surface area contributed by atoms with Crippen molar-refractivity contribution in [2.45, 2.75) is 24.7 Å². The summed E-state index contributed by atoms with van der Waals surface area (Å²) in [6.07, 6.45) is 0. The fraction of sp³-hybridized carbons (Fsp3) is 0.0769. The third kappa shape index (κ3) is 4.03. The molecule has 0 radical (unpaired) electrons. The van der Waals surface area contributed by atoms with Crippen LogP contribution in [0.1, 0.15) is 47.2 Å². The summed E-state index contributed by atoms with van der Waals surface area (Å²) in [4.78, 5) is 2.43. The lowest BCUT2D eigenvalue weighted by molar-refractivity contribution is 0.563. The molecule has 10 aromatic rings. The van der Waals surface area contributed by atoms with Gasteiger partial charge in [-0.3, -0.25) is 0 Å². The molecule has 2 nitrogen and oxygen atoms in total. The summed E-state index contributed by atoms with van der Waals surface area (Å²) in [5.74, 6) is 0. The number of benzene rings is 8. The zero-order valence-corrected chi connectivity index (χ0v) is 31.3. The molecule has 8 aromatic carbocycles. The van der Waals surface area contributed by atoms with E-state index in [1.54, 1.807) is 0 Å². The van der Waals surface area contributed by atoms with Crippen LogP contribution in [-0.2, 0) is 10.8 Å². The molecule has 3 heteroatoms. The molecule has 2 aliphatic carbocycles. The van der Waals surface area contributed by atoms with E-state index in [9.17, 15) is 0 Å². The average Bonchev–Trinajstić information content (AvgIpc) is 3.89. The first-order valence-electron chi connectivity index (χ1n) is 19.1. The van der Waals surface area contributed by atoms with E-state index in [-0.39, 0.29) is 5.41 Å². The number of nitrogens with zero attached hydrogens (tertiary/aromatic N) is 1. The molecule has 12 rings (SSSR count). The highest BCUT2D eigenvalue weighted by atomic mass is 32.1. The summed E-state index contributed by atoms with van der Waals surface area (Å²) >= 11 is 1.85. The van der Waals surface area contributed by atoms with Gasteiger partial charge in [-0.15, -0.1) is 11.3 Å². The van der Waals surface area contributed by atoms with Crippen molar-refractivity contribution in [2.75, 3.05) is 4.90 Å². The fourth-order valence-corrected chi connectivity index (χ4v) is 11.3. The lowest BCUT2D eigenvalue weighted by atomic mass is 9.55. The van der Waals surface area contributed by atoms with Gasteiger partial charge in [-0.1, -0.05) is 141 Å². The number of para-hydroxylation sites is 2. The Bertz CT molecular complexity index is 3170. The Labute approximate surface area is 323 Å². The Balaban J connectivity index is 1.19. The van der Waals surface area contributed by atoms with Crippen LogP contribution in [0, 0.1) is 0 Å². The predicted octanol–water partition coefficient (Wildman–Crippen LogP) is 14.4. The number of hydrogen-bond acceptors (Lipinski definition) is 3. The van der Waals surface area contributed by atoms with Gasteiger partial charge in [0.2, 0.25) is 0 Å². The molecule has 260 valence electrons. The molecular weight excluding hydrogens is 687 g/mol. The molecule has 1 spiro atoms. The molecule has 2 aliphatic rings. The summed E-state index contributed by atoms with van der Waals surface area (Å²) in [7, 11) is 0. The van der Waals surface area contributed by atoms with Gasteiger partial charge in [0, 0.05) is 47.7 Å². The number of thiophene rings is 1. The van der Waals surface area contributed by atoms with E-state index in [0.717, 1.165) is 39.0 Å². The first-order valence-corrected chi connectivity index (χ1v) is 19.9. The van der Waals surface area contributed by atoms with Crippen molar-refractivity contribution in [1.29, 1.82) is 0 Å². The minimum atomic E-state index is -0.491. The summed E-state index contributed by atoms with van der Waals surface area (Å²) in [6, 6.07) is 65.3. The second-order valence-electron chi connectivity index (χ2n) is 15.6. The van der Waals surface area contributed by atoms with Crippen LogP contribution >= 0.6 is 11.3 Å². The zero-order valence-electron chi connectivity index (χ0n) is 30.5. The summed E-state index contributed by atoms with van der Waals surface area (Å²) in [5.41, 5.74) is 15.0. The molecule has 0 saturated heterocycles. The monoisotopic (exact) mass is 721 g/mol. The minimum Gasteiger partial charge on any atom is -0.454 e. The zero-order chi connectivity index (χ0) is 36.5. The van der Waals surface area contributed by atoms with Gasteiger partial charge in [0.15, 0.2) is 5.58 Å². The lowest BCUT2D eigenvalue weighted by Crippen LogP contribution is -2.40. The summed E-state index contributed by atoms with van der Waals surface area (Å²) in [5, 5.41) is 4.79. The van der Waals surface area contributed by atoms with Crippen LogP contribution < -0.4 is 4.90 Å². The lowest BCUT2D eigenvalue weighted by Gasteiger charge is -2.46. The van der Waals surface area contributed by atoms with Crippen molar-refractivity contribution >= 4 is 70.5 Å².